The normalized spacial score (nSPS) is 14.1. The van der Waals surface area contributed by atoms with Gasteiger partial charge in [-0.3, -0.25) is 4.40 Å². The summed E-state index contributed by atoms with van der Waals surface area (Å²) >= 11 is 0. The third kappa shape index (κ3) is 2.24. The topological polar surface area (TPSA) is 53.1 Å². The lowest BCUT2D eigenvalue weighted by molar-refractivity contribution is 0.668. The van der Waals surface area contributed by atoms with E-state index in [1.807, 2.05) is 18.2 Å². The minimum absolute atomic E-state index is 0.560. The Morgan fingerprint density at radius 1 is 1.21 bits per heavy atom. The summed E-state index contributed by atoms with van der Waals surface area (Å²) in [6.07, 6.45) is 4.36. The summed E-state index contributed by atoms with van der Waals surface area (Å²) in [4.78, 5) is 4.78. The summed E-state index contributed by atoms with van der Waals surface area (Å²) in [5.74, 6) is 1.70. The average molecular weight is 318 g/mol. The van der Waals surface area contributed by atoms with Gasteiger partial charge < -0.3 is 5.32 Å². The van der Waals surface area contributed by atoms with E-state index < -0.39 is 0 Å². The van der Waals surface area contributed by atoms with Crippen molar-refractivity contribution < 1.29 is 0 Å². The molecule has 2 heterocycles. The molecule has 1 N–H and O–H groups in total. The number of hydrogen-bond acceptors (Lipinski definition) is 3. The van der Waals surface area contributed by atoms with Gasteiger partial charge >= 0.3 is 0 Å². The summed E-state index contributed by atoms with van der Waals surface area (Å²) in [5, 5.41) is 13.5. The van der Waals surface area contributed by atoms with E-state index in [1.54, 1.807) is 0 Å². The highest BCUT2D eigenvalue weighted by Gasteiger charge is 2.24. The molecule has 1 aliphatic carbocycles. The molecule has 0 spiro atoms. The summed E-state index contributed by atoms with van der Waals surface area (Å²) in [7, 11) is 0. The lowest BCUT2D eigenvalue weighted by atomic mass is 9.89. The third-order valence-corrected chi connectivity index (χ3v) is 4.85. The van der Waals surface area contributed by atoms with Crippen LogP contribution in [-0.2, 0) is 12.8 Å². The van der Waals surface area contributed by atoms with Gasteiger partial charge in [0.05, 0.1) is 16.6 Å². The minimum atomic E-state index is 0.560. The number of nitriles is 1. The highest BCUT2D eigenvalue weighted by molar-refractivity contribution is 5.86. The molecule has 3 aromatic rings. The van der Waals surface area contributed by atoms with Crippen LogP contribution in [0.4, 0.5) is 5.82 Å². The van der Waals surface area contributed by atoms with Gasteiger partial charge in [0.2, 0.25) is 0 Å². The molecule has 0 atom stereocenters. The molecular weight excluding hydrogens is 296 g/mol. The van der Waals surface area contributed by atoms with Crippen molar-refractivity contribution in [2.24, 2.45) is 5.92 Å². The minimum Gasteiger partial charge on any atom is -0.371 e. The molecule has 1 aromatic carbocycles. The van der Waals surface area contributed by atoms with Crippen molar-refractivity contribution in [3.05, 3.63) is 41.0 Å². The third-order valence-electron chi connectivity index (χ3n) is 4.85. The molecule has 4 rings (SSSR count). The van der Waals surface area contributed by atoms with E-state index in [0.717, 1.165) is 53.9 Å². The average Bonchev–Trinajstić information content (AvgIpc) is 2.97. The largest absolute Gasteiger partial charge is 0.371 e. The number of imidazole rings is 1. The predicted octanol–water partition coefficient (Wildman–Crippen LogP) is 4.31. The van der Waals surface area contributed by atoms with Crippen molar-refractivity contribution in [2.45, 2.75) is 39.5 Å². The Morgan fingerprint density at radius 3 is 2.71 bits per heavy atom. The van der Waals surface area contributed by atoms with Gasteiger partial charge in [0.25, 0.3) is 0 Å². The zero-order chi connectivity index (χ0) is 16.7. The Morgan fingerprint density at radius 2 is 1.96 bits per heavy atom. The molecule has 24 heavy (non-hydrogen) atoms. The first-order chi connectivity index (χ1) is 11.7. The van der Waals surface area contributed by atoms with Gasteiger partial charge in [-0.2, -0.15) is 5.26 Å². The van der Waals surface area contributed by atoms with Crippen molar-refractivity contribution in [1.82, 2.24) is 9.38 Å². The van der Waals surface area contributed by atoms with Crippen molar-refractivity contribution in [3.8, 4) is 6.07 Å². The number of pyridine rings is 1. The monoisotopic (exact) mass is 318 g/mol. The predicted molar refractivity (Wildman–Crippen MR) is 97.4 cm³/mol. The SMILES string of the molecule is CC(C)CNc1c2c(c(C#N)c3nc4ccccc4n13)CCCC2. The van der Waals surface area contributed by atoms with Crippen LogP contribution in [0.2, 0.25) is 0 Å². The Labute approximate surface area is 142 Å². The van der Waals surface area contributed by atoms with Gasteiger partial charge in [-0.05, 0) is 54.9 Å². The van der Waals surface area contributed by atoms with E-state index in [9.17, 15) is 5.26 Å². The number of anilines is 1. The van der Waals surface area contributed by atoms with E-state index in [1.165, 1.54) is 17.5 Å². The quantitative estimate of drug-likeness (QED) is 0.783. The van der Waals surface area contributed by atoms with Gasteiger partial charge in [-0.1, -0.05) is 26.0 Å². The zero-order valence-corrected chi connectivity index (χ0v) is 14.3. The van der Waals surface area contributed by atoms with E-state index >= 15 is 0 Å². The summed E-state index contributed by atoms with van der Waals surface area (Å²) in [5.41, 5.74) is 6.10. The van der Waals surface area contributed by atoms with Crippen molar-refractivity contribution >= 4 is 22.5 Å². The number of rotatable bonds is 3. The number of nitrogens with zero attached hydrogens (tertiary/aromatic N) is 3. The Kier molecular flexibility index (Phi) is 3.65. The molecule has 2 aromatic heterocycles. The van der Waals surface area contributed by atoms with E-state index in [-0.39, 0.29) is 0 Å². The fourth-order valence-corrected chi connectivity index (χ4v) is 3.74. The van der Waals surface area contributed by atoms with E-state index in [2.05, 4.69) is 35.7 Å². The van der Waals surface area contributed by atoms with Gasteiger partial charge in [0.1, 0.15) is 11.9 Å². The molecule has 0 saturated heterocycles. The molecule has 0 aliphatic heterocycles. The van der Waals surface area contributed by atoms with Crippen LogP contribution in [0.1, 0.15) is 43.4 Å². The zero-order valence-electron chi connectivity index (χ0n) is 14.3. The fourth-order valence-electron chi connectivity index (χ4n) is 3.74. The molecule has 0 radical (unpaired) electrons. The highest BCUT2D eigenvalue weighted by Crippen LogP contribution is 2.35. The molecule has 0 amide bonds. The second-order valence-corrected chi connectivity index (χ2v) is 7.03. The number of benzene rings is 1. The second kappa shape index (κ2) is 5.83. The van der Waals surface area contributed by atoms with Gasteiger partial charge in [-0.15, -0.1) is 0 Å². The van der Waals surface area contributed by atoms with Crippen LogP contribution in [0.5, 0.6) is 0 Å². The molecule has 122 valence electrons. The number of hydrogen-bond donors (Lipinski definition) is 1. The van der Waals surface area contributed by atoms with Gasteiger partial charge in [0, 0.05) is 6.54 Å². The Hall–Kier alpha value is -2.54. The maximum Gasteiger partial charge on any atom is 0.157 e. The van der Waals surface area contributed by atoms with Crippen molar-refractivity contribution in [1.29, 1.82) is 5.26 Å². The highest BCUT2D eigenvalue weighted by atomic mass is 15.1. The Balaban J connectivity index is 2.10. The first kappa shape index (κ1) is 15.0. The lowest BCUT2D eigenvalue weighted by Crippen LogP contribution is -2.17. The number of aromatic nitrogens is 2. The van der Waals surface area contributed by atoms with Crippen LogP contribution in [0.3, 0.4) is 0 Å². The standard InChI is InChI=1S/C20H22N4/c1-13(2)12-22-19-15-8-4-3-7-14(15)16(11-21)20-23-17-9-5-6-10-18(17)24(19)20/h5-6,9-10,13,22H,3-4,7-8,12H2,1-2H3. The molecule has 0 unspecified atom stereocenters. The molecular formula is C20H22N4. The smallest absolute Gasteiger partial charge is 0.157 e. The number of nitrogens with one attached hydrogen (secondary N) is 1. The van der Waals surface area contributed by atoms with Gasteiger partial charge in [0.15, 0.2) is 5.65 Å². The van der Waals surface area contributed by atoms with Crippen LogP contribution in [0.15, 0.2) is 24.3 Å². The summed E-state index contributed by atoms with van der Waals surface area (Å²) in [6, 6.07) is 10.6. The Bertz CT molecular complexity index is 959. The molecule has 1 aliphatic rings. The van der Waals surface area contributed by atoms with Crippen LogP contribution in [0.25, 0.3) is 16.7 Å². The molecule has 4 nitrogen and oxygen atoms in total. The van der Waals surface area contributed by atoms with Crippen molar-refractivity contribution in [3.63, 3.8) is 0 Å². The number of para-hydroxylation sites is 2. The van der Waals surface area contributed by atoms with E-state index in [4.69, 9.17) is 4.98 Å². The lowest BCUT2D eigenvalue weighted by Gasteiger charge is -2.24. The fraction of sp³-hybridized carbons (Fsp3) is 0.400. The number of fused-ring (bicyclic) bond motifs is 4. The van der Waals surface area contributed by atoms with E-state index in [0.29, 0.717) is 5.92 Å². The van der Waals surface area contributed by atoms with Crippen molar-refractivity contribution in [2.75, 3.05) is 11.9 Å². The second-order valence-electron chi connectivity index (χ2n) is 7.03. The van der Waals surface area contributed by atoms with Crippen LogP contribution >= 0.6 is 0 Å². The maximum absolute atomic E-state index is 9.80. The summed E-state index contributed by atoms with van der Waals surface area (Å²) in [6.45, 7) is 5.35. The van der Waals surface area contributed by atoms with Crippen LogP contribution in [0, 0.1) is 17.2 Å². The first-order valence-corrected chi connectivity index (χ1v) is 8.79. The molecule has 0 fully saturated rings. The first-order valence-electron chi connectivity index (χ1n) is 8.79. The molecule has 4 heteroatoms. The maximum atomic E-state index is 9.80. The van der Waals surface area contributed by atoms with Gasteiger partial charge in [-0.25, -0.2) is 4.98 Å². The van der Waals surface area contributed by atoms with Crippen LogP contribution < -0.4 is 5.32 Å². The van der Waals surface area contributed by atoms with Crippen LogP contribution in [-0.4, -0.2) is 15.9 Å². The molecule has 0 bridgehead atoms. The molecule has 0 saturated carbocycles. The summed E-state index contributed by atoms with van der Waals surface area (Å²) < 4.78 is 2.17.